The van der Waals surface area contributed by atoms with Gasteiger partial charge < -0.3 is 4.74 Å². The zero-order valence-corrected chi connectivity index (χ0v) is 10.1. The lowest BCUT2D eigenvalue weighted by Crippen LogP contribution is -2.40. The van der Waals surface area contributed by atoms with E-state index in [1.807, 2.05) is 19.2 Å². The first-order valence-electron chi connectivity index (χ1n) is 4.87. The monoisotopic (exact) mass is 228 g/mol. The Morgan fingerprint density at radius 1 is 1.67 bits per heavy atom. The summed E-state index contributed by atoms with van der Waals surface area (Å²) in [5.74, 6) is -0.234. The van der Waals surface area contributed by atoms with Crippen molar-refractivity contribution in [3.63, 3.8) is 0 Å². The van der Waals surface area contributed by atoms with Crippen LogP contribution < -0.4 is 5.32 Å². The molecule has 0 aliphatic carbocycles. The molecule has 0 aromatic carbocycles. The van der Waals surface area contributed by atoms with E-state index in [4.69, 9.17) is 4.74 Å². The molecule has 1 heterocycles. The van der Waals surface area contributed by atoms with E-state index in [0.717, 1.165) is 5.01 Å². The summed E-state index contributed by atoms with van der Waals surface area (Å²) in [4.78, 5) is 15.4. The maximum Gasteiger partial charge on any atom is 0.319 e. The van der Waals surface area contributed by atoms with Crippen LogP contribution in [0.25, 0.3) is 0 Å². The summed E-state index contributed by atoms with van der Waals surface area (Å²) >= 11 is 1.57. The molecule has 84 valence electrons. The van der Waals surface area contributed by atoms with E-state index in [1.54, 1.807) is 24.5 Å². The Kier molecular flexibility index (Phi) is 4.23. The molecule has 0 aliphatic rings. The molecule has 1 rings (SSSR count). The van der Waals surface area contributed by atoms with E-state index < -0.39 is 0 Å². The van der Waals surface area contributed by atoms with Crippen molar-refractivity contribution in [1.29, 1.82) is 0 Å². The summed E-state index contributed by atoms with van der Waals surface area (Å²) < 4.78 is 4.84. The molecule has 5 heteroatoms. The van der Waals surface area contributed by atoms with Gasteiger partial charge in [-0.05, 0) is 20.8 Å². The second-order valence-corrected chi connectivity index (χ2v) is 4.52. The van der Waals surface area contributed by atoms with Gasteiger partial charge in [-0.2, -0.15) is 0 Å². The molecule has 4 nitrogen and oxygen atoms in total. The molecule has 0 amide bonds. The van der Waals surface area contributed by atoms with E-state index in [0.29, 0.717) is 6.61 Å². The van der Waals surface area contributed by atoms with Crippen LogP contribution in [0.3, 0.4) is 0 Å². The predicted octanol–water partition coefficient (Wildman–Crippen LogP) is 1.53. The number of nitrogens with one attached hydrogen (secondary N) is 1. The molecular weight excluding hydrogens is 212 g/mol. The SMILES string of the molecule is CCOC(=O)CNC(C)(C)c1nccs1. The minimum atomic E-state index is -0.291. The minimum absolute atomic E-state index is 0.209. The normalized spacial score (nSPS) is 11.4. The summed E-state index contributed by atoms with van der Waals surface area (Å²) in [6.07, 6.45) is 1.76. The van der Waals surface area contributed by atoms with Crippen molar-refractivity contribution in [3.8, 4) is 0 Å². The van der Waals surface area contributed by atoms with Gasteiger partial charge in [0.05, 0.1) is 18.7 Å². The smallest absolute Gasteiger partial charge is 0.319 e. The van der Waals surface area contributed by atoms with E-state index >= 15 is 0 Å². The van der Waals surface area contributed by atoms with E-state index in [9.17, 15) is 4.79 Å². The van der Waals surface area contributed by atoms with Crippen LogP contribution >= 0.6 is 11.3 Å². The van der Waals surface area contributed by atoms with Gasteiger partial charge in [0.2, 0.25) is 0 Å². The van der Waals surface area contributed by atoms with Crippen molar-refractivity contribution < 1.29 is 9.53 Å². The number of carbonyl (C=O) groups is 1. The molecule has 1 aromatic rings. The van der Waals surface area contributed by atoms with Gasteiger partial charge in [0.1, 0.15) is 5.01 Å². The highest BCUT2D eigenvalue weighted by Gasteiger charge is 2.23. The molecular formula is C10H16N2O2S. The number of hydrogen-bond acceptors (Lipinski definition) is 5. The molecule has 0 unspecified atom stereocenters. The number of hydrogen-bond donors (Lipinski definition) is 1. The fraction of sp³-hybridized carbons (Fsp3) is 0.600. The summed E-state index contributed by atoms with van der Waals surface area (Å²) in [6, 6.07) is 0. The Morgan fingerprint density at radius 2 is 2.40 bits per heavy atom. The summed E-state index contributed by atoms with van der Waals surface area (Å²) in [5, 5.41) is 6.00. The molecule has 0 atom stereocenters. The average molecular weight is 228 g/mol. The van der Waals surface area contributed by atoms with Crippen molar-refractivity contribution in [2.75, 3.05) is 13.2 Å². The van der Waals surface area contributed by atoms with Gasteiger partial charge in [-0.25, -0.2) is 4.98 Å². The number of rotatable bonds is 5. The summed E-state index contributed by atoms with van der Waals surface area (Å²) in [7, 11) is 0. The molecule has 0 fully saturated rings. The van der Waals surface area contributed by atoms with Crippen LogP contribution in [0.2, 0.25) is 0 Å². The Hall–Kier alpha value is -0.940. The van der Waals surface area contributed by atoms with Gasteiger partial charge in [-0.15, -0.1) is 11.3 Å². The van der Waals surface area contributed by atoms with Crippen LogP contribution in [0.1, 0.15) is 25.8 Å². The Morgan fingerprint density at radius 3 is 2.93 bits per heavy atom. The third-order valence-electron chi connectivity index (χ3n) is 1.95. The van der Waals surface area contributed by atoms with Gasteiger partial charge in [0, 0.05) is 11.6 Å². The lowest BCUT2D eigenvalue weighted by atomic mass is 10.1. The Balaban J connectivity index is 2.47. The number of ether oxygens (including phenoxy) is 1. The third kappa shape index (κ3) is 3.60. The number of carbonyl (C=O) groups excluding carboxylic acids is 1. The van der Waals surface area contributed by atoms with E-state index in [2.05, 4.69) is 10.3 Å². The first-order chi connectivity index (χ1) is 7.06. The first-order valence-corrected chi connectivity index (χ1v) is 5.75. The Bertz CT molecular complexity index is 309. The number of esters is 1. The second-order valence-electron chi connectivity index (χ2n) is 3.62. The van der Waals surface area contributed by atoms with Gasteiger partial charge in [0.25, 0.3) is 0 Å². The van der Waals surface area contributed by atoms with Crippen molar-refractivity contribution in [2.45, 2.75) is 26.3 Å². The molecule has 0 aliphatic heterocycles. The molecule has 0 spiro atoms. The minimum Gasteiger partial charge on any atom is -0.465 e. The zero-order valence-electron chi connectivity index (χ0n) is 9.24. The van der Waals surface area contributed by atoms with Crippen LogP contribution in [-0.4, -0.2) is 24.1 Å². The molecule has 1 aromatic heterocycles. The molecule has 1 N–H and O–H groups in total. The van der Waals surface area contributed by atoms with Crippen LogP contribution in [-0.2, 0) is 15.1 Å². The van der Waals surface area contributed by atoms with Crippen molar-refractivity contribution in [1.82, 2.24) is 10.3 Å². The fourth-order valence-electron chi connectivity index (χ4n) is 1.11. The summed E-state index contributed by atoms with van der Waals surface area (Å²) in [5.41, 5.74) is -0.291. The van der Waals surface area contributed by atoms with Gasteiger partial charge in [-0.3, -0.25) is 10.1 Å². The van der Waals surface area contributed by atoms with Crippen molar-refractivity contribution in [2.24, 2.45) is 0 Å². The second kappa shape index (κ2) is 5.23. The predicted molar refractivity (Wildman–Crippen MR) is 59.8 cm³/mol. The highest BCUT2D eigenvalue weighted by atomic mass is 32.1. The largest absolute Gasteiger partial charge is 0.465 e. The van der Waals surface area contributed by atoms with Crippen molar-refractivity contribution >= 4 is 17.3 Å². The van der Waals surface area contributed by atoms with Crippen LogP contribution in [0.4, 0.5) is 0 Å². The van der Waals surface area contributed by atoms with Gasteiger partial charge in [-0.1, -0.05) is 0 Å². The van der Waals surface area contributed by atoms with Crippen LogP contribution in [0.5, 0.6) is 0 Å². The maximum absolute atomic E-state index is 11.2. The lowest BCUT2D eigenvalue weighted by Gasteiger charge is -2.23. The van der Waals surface area contributed by atoms with Crippen LogP contribution in [0.15, 0.2) is 11.6 Å². The van der Waals surface area contributed by atoms with Gasteiger partial charge in [0.15, 0.2) is 0 Å². The third-order valence-corrected chi connectivity index (χ3v) is 3.04. The molecule has 0 bridgehead atoms. The topological polar surface area (TPSA) is 51.2 Å². The van der Waals surface area contributed by atoms with Crippen LogP contribution in [0, 0.1) is 0 Å². The molecule has 15 heavy (non-hydrogen) atoms. The van der Waals surface area contributed by atoms with Gasteiger partial charge >= 0.3 is 5.97 Å². The zero-order chi connectivity index (χ0) is 11.3. The maximum atomic E-state index is 11.2. The highest BCUT2D eigenvalue weighted by Crippen LogP contribution is 2.21. The molecule has 0 saturated heterocycles. The fourth-order valence-corrected chi connectivity index (χ4v) is 1.85. The quantitative estimate of drug-likeness (QED) is 0.777. The number of nitrogens with zero attached hydrogens (tertiary/aromatic N) is 1. The van der Waals surface area contributed by atoms with E-state index in [-0.39, 0.29) is 18.1 Å². The standard InChI is InChI=1S/C10H16N2O2S/c1-4-14-8(13)7-12-10(2,3)9-11-5-6-15-9/h5-6,12H,4,7H2,1-3H3. The molecule has 0 saturated carbocycles. The van der Waals surface area contributed by atoms with Crippen molar-refractivity contribution in [3.05, 3.63) is 16.6 Å². The highest BCUT2D eigenvalue weighted by molar-refractivity contribution is 7.09. The Labute approximate surface area is 93.7 Å². The summed E-state index contributed by atoms with van der Waals surface area (Å²) in [6.45, 7) is 6.40. The first kappa shape index (κ1) is 12.1. The number of thiazole rings is 1. The average Bonchev–Trinajstić information content (AvgIpc) is 2.69. The molecule has 0 radical (unpaired) electrons. The van der Waals surface area contributed by atoms with E-state index in [1.165, 1.54) is 0 Å². The lowest BCUT2D eigenvalue weighted by molar-refractivity contribution is -0.142. The number of aromatic nitrogens is 1.